The van der Waals surface area contributed by atoms with Crippen LogP contribution in [0.3, 0.4) is 0 Å². The fourth-order valence-corrected chi connectivity index (χ4v) is 4.05. The molecule has 1 aliphatic carbocycles. The van der Waals surface area contributed by atoms with Gasteiger partial charge in [0.2, 0.25) is 5.91 Å². The van der Waals surface area contributed by atoms with Crippen molar-refractivity contribution in [3.63, 3.8) is 0 Å². The minimum Gasteiger partial charge on any atom is -0.392 e. The highest BCUT2D eigenvalue weighted by atomic mass is 35.5. The van der Waals surface area contributed by atoms with E-state index >= 15 is 0 Å². The van der Waals surface area contributed by atoms with Crippen LogP contribution in [0.2, 0.25) is 0 Å². The molecule has 0 bridgehead atoms. The Bertz CT molecular complexity index is 292. The van der Waals surface area contributed by atoms with Gasteiger partial charge in [-0.15, -0.1) is 12.4 Å². The fraction of sp³-hybridized carbons (Fsp3) is 0.923. The summed E-state index contributed by atoms with van der Waals surface area (Å²) < 4.78 is 0. The first-order valence-corrected chi connectivity index (χ1v) is 8.07. The van der Waals surface area contributed by atoms with E-state index in [4.69, 9.17) is 0 Å². The first-order valence-electron chi connectivity index (χ1n) is 7.02. The smallest absolute Gasteiger partial charge is 0.237 e. The minimum atomic E-state index is -0.365. The van der Waals surface area contributed by atoms with Crippen molar-refractivity contribution in [3.8, 4) is 0 Å². The molecule has 6 heteroatoms. The van der Waals surface area contributed by atoms with Gasteiger partial charge in [-0.05, 0) is 31.4 Å². The van der Waals surface area contributed by atoms with E-state index in [1.54, 1.807) is 0 Å². The van der Waals surface area contributed by atoms with Crippen molar-refractivity contribution in [3.05, 3.63) is 0 Å². The molecule has 2 fully saturated rings. The summed E-state index contributed by atoms with van der Waals surface area (Å²) in [7, 11) is 0. The van der Waals surface area contributed by atoms with Gasteiger partial charge in [0.05, 0.1) is 12.1 Å². The summed E-state index contributed by atoms with van der Waals surface area (Å²) in [5.41, 5.74) is 0. The van der Waals surface area contributed by atoms with Gasteiger partial charge in [0.1, 0.15) is 0 Å². The number of halogens is 1. The summed E-state index contributed by atoms with van der Waals surface area (Å²) in [6.07, 6.45) is 4.87. The van der Waals surface area contributed by atoms with Gasteiger partial charge < -0.3 is 15.7 Å². The number of amides is 1. The molecule has 4 atom stereocenters. The van der Waals surface area contributed by atoms with Crippen molar-refractivity contribution in [2.24, 2.45) is 0 Å². The molecule has 4 unspecified atom stereocenters. The zero-order valence-corrected chi connectivity index (χ0v) is 13.1. The molecular formula is C13H25ClN2O2S. The number of β-amino-alcohol motifs (C(OH)–C–C–N with tert-alkyl or cyclic N) is 1. The summed E-state index contributed by atoms with van der Waals surface area (Å²) in [6, 6.07) is 0.133. The third-order valence-electron chi connectivity index (χ3n) is 3.80. The van der Waals surface area contributed by atoms with E-state index in [1.165, 1.54) is 12.8 Å². The van der Waals surface area contributed by atoms with E-state index in [-0.39, 0.29) is 30.5 Å². The molecule has 0 aromatic heterocycles. The lowest BCUT2D eigenvalue weighted by Crippen LogP contribution is -2.47. The Labute approximate surface area is 125 Å². The Morgan fingerprint density at radius 1 is 1.42 bits per heavy atom. The summed E-state index contributed by atoms with van der Waals surface area (Å²) in [6.45, 7) is 2.73. The van der Waals surface area contributed by atoms with Gasteiger partial charge in [-0.2, -0.15) is 11.8 Å². The molecule has 0 aromatic carbocycles. The van der Waals surface area contributed by atoms with E-state index in [9.17, 15) is 9.90 Å². The van der Waals surface area contributed by atoms with Crippen molar-refractivity contribution >= 4 is 30.1 Å². The number of nitrogens with one attached hydrogen (secondary N) is 2. The standard InChI is InChI=1S/C13H24N2O2S.ClH/c1-2-18-11-5-3-4-9(6-11)15-13(17)12-7-10(16)8-14-12;/h9-12,14,16H,2-8H2,1H3,(H,15,17);1H. The van der Waals surface area contributed by atoms with Crippen LogP contribution in [0, 0.1) is 0 Å². The predicted octanol–water partition coefficient (Wildman–Crippen LogP) is 1.31. The van der Waals surface area contributed by atoms with Crippen LogP contribution in [-0.4, -0.2) is 46.7 Å². The molecular weight excluding hydrogens is 284 g/mol. The molecule has 1 saturated heterocycles. The largest absolute Gasteiger partial charge is 0.392 e. The Hall–Kier alpha value is 0.0300. The number of carbonyl (C=O) groups excluding carboxylic acids is 1. The first kappa shape index (κ1) is 17.1. The molecule has 1 heterocycles. The highest BCUT2D eigenvalue weighted by Gasteiger charge is 2.30. The van der Waals surface area contributed by atoms with E-state index in [0.29, 0.717) is 24.3 Å². The molecule has 0 radical (unpaired) electrons. The fourth-order valence-electron chi connectivity index (χ4n) is 2.88. The van der Waals surface area contributed by atoms with Gasteiger partial charge in [0.15, 0.2) is 0 Å². The first-order chi connectivity index (χ1) is 8.69. The zero-order valence-electron chi connectivity index (χ0n) is 11.4. The molecule has 2 aliphatic rings. The van der Waals surface area contributed by atoms with Crippen LogP contribution in [0.1, 0.15) is 39.0 Å². The van der Waals surface area contributed by atoms with Gasteiger partial charge in [-0.25, -0.2) is 0 Å². The summed E-state index contributed by atoms with van der Waals surface area (Å²) in [5, 5.41) is 16.3. The molecule has 2 rings (SSSR count). The van der Waals surface area contributed by atoms with Crippen LogP contribution in [0.15, 0.2) is 0 Å². The van der Waals surface area contributed by atoms with Crippen LogP contribution in [0.25, 0.3) is 0 Å². The lowest BCUT2D eigenvalue weighted by Gasteiger charge is -2.30. The molecule has 1 saturated carbocycles. The van der Waals surface area contributed by atoms with E-state index in [0.717, 1.165) is 18.6 Å². The van der Waals surface area contributed by atoms with Gasteiger partial charge in [0, 0.05) is 17.8 Å². The Morgan fingerprint density at radius 3 is 2.84 bits per heavy atom. The van der Waals surface area contributed by atoms with Crippen LogP contribution in [0.4, 0.5) is 0 Å². The van der Waals surface area contributed by atoms with Crippen molar-refractivity contribution in [2.45, 2.75) is 62.5 Å². The third kappa shape index (κ3) is 5.14. The number of hydrogen-bond donors (Lipinski definition) is 3. The molecule has 4 nitrogen and oxygen atoms in total. The maximum Gasteiger partial charge on any atom is 0.237 e. The Balaban J connectivity index is 0.00000180. The number of aliphatic hydroxyl groups is 1. The second-order valence-electron chi connectivity index (χ2n) is 5.30. The molecule has 3 N–H and O–H groups in total. The van der Waals surface area contributed by atoms with E-state index < -0.39 is 0 Å². The second kappa shape index (κ2) is 8.35. The van der Waals surface area contributed by atoms with Crippen LogP contribution < -0.4 is 10.6 Å². The van der Waals surface area contributed by atoms with E-state index in [1.807, 2.05) is 11.8 Å². The molecule has 1 amide bonds. The molecule has 112 valence electrons. The highest BCUT2D eigenvalue weighted by Crippen LogP contribution is 2.28. The maximum absolute atomic E-state index is 12.0. The average molecular weight is 309 g/mol. The van der Waals surface area contributed by atoms with Gasteiger partial charge >= 0.3 is 0 Å². The van der Waals surface area contributed by atoms with Crippen molar-refractivity contribution in [2.75, 3.05) is 12.3 Å². The van der Waals surface area contributed by atoms with Crippen molar-refractivity contribution < 1.29 is 9.90 Å². The zero-order chi connectivity index (χ0) is 13.0. The Kier molecular flexibility index (Phi) is 7.50. The quantitative estimate of drug-likeness (QED) is 0.733. The summed E-state index contributed by atoms with van der Waals surface area (Å²) >= 11 is 2.01. The second-order valence-corrected chi connectivity index (χ2v) is 6.88. The van der Waals surface area contributed by atoms with Gasteiger partial charge in [-0.3, -0.25) is 4.79 Å². The van der Waals surface area contributed by atoms with Crippen LogP contribution in [0.5, 0.6) is 0 Å². The van der Waals surface area contributed by atoms with Crippen LogP contribution in [-0.2, 0) is 4.79 Å². The predicted molar refractivity (Wildman–Crippen MR) is 82.0 cm³/mol. The van der Waals surface area contributed by atoms with Crippen molar-refractivity contribution in [1.82, 2.24) is 10.6 Å². The lowest BCUT2D eigenvalue weighted by molar-refractivity contribution is -0.123. The molecule has 0 spiro atoms. The average Bonchev–Trinajstić information content (AvgIpc) is 2.77. The molecule has 1 aliphatic heterocycles. The van der Waals surface area contributed by atoms with E-state index in [2.05, 4.69) is 17.6 Å². The number of rotatable bonds is 4. The summed E-state index contributed by atoms with van der Waals surface area (Å²) in [5.74, 6) is 1.22. The van der Waals surface area contributed by atoms with Crippen molar-refractivity contribution in [1.29, 1.82) is 0 Å². The Morgan fingerprint density at radius 2 is 2.21 bits per heavy atom. The van der Waals surface area contributed by atoms with Gasteiger partial charge in [-0.1, -0.05) is 13.3 Å². The van der Waals surface area contributed by atoms with Crippen LogP contribution >= 0.6 is 24.2 Å². The third-order valence-corrected chi connectivity index (χ3v) is 5.03. The van der Waals surface area contributed by atoms with Gasteiger partial charge in [0.25, 0.3) is 0 Å². The maximum atomic E-state index is 12.0. The number of thioether (sulfide) groups is 1. The minimum absolute atomic E-state index is 0. The summed E-state index contributed by atoms with van der Waals surface area (Å²) in [4.78, 5) is 12.0. The number of aliphatic hydroxyl groups excluding tert-OH is 1. The normalized spacial score (nSPS) is 34.6. The molecule has 0 aromatic rings. The SMILES string of the molecule is CCSC1CCCC(NC(=O)C2CC(O)CN2)C1.Cl. The number of carbonyl (C=O) groups is 1. The lowest BCUT2D eigenvalue weighted by atomic mass is 9.94. The molecule has 19 heavy (non-hydrogen) atoms. The topological polar surface area (TPSA) is 61.4 Å². The monoisotopic (exact) mass is 308 g/mol. The highest BCUT2D eigenvalue weighted by molar-refractivity contribution is 7.99. The number of hydrogen-bond acceptors (Lipinski definition) is 4.